The van der Waals surface area contributed by atoms with E-state index in [2.05, 4.69) is 45.9 Å². The summed E-state index contributed by atoms with van der Waals surface area (Å²) in [6.07, 6.45) is 7.98. The second-order valence-corrected chi connectivity index (χ2v) is 8.21. The minimum atomic E-state index is 0.432. The zero-order valence-electron chi connectivity index (χ0n) is 16.4. The van der Waals surface area contributed by atoms with Crippen LogP contribution in [0.1, 0.15) is 48.8 Å². The minimum absolute atomic E-state index is 0.432. The fourth-order valence-corrected chi connectivity index (χ4v) is 5.22. The van der Waals surface area contributed by atoms with Crippen molar-refractivity contribution in [1.29, 1.82) is 0 Å². The highest BCUT2D eigenvalue weighted by Crippen LogP contribution is 2.43. The van der Waals surface area contributed by atoms with E-state index in [-0.39, 0.29) is 0 Å². The van der Waals surface area contributed by atoms with Gasteiger partial charge in [0.05, 0.1) is 29.3 Å². The molecule has 0 radical (unpaired) electrons. The van der Waals surface area contributed by atoms with Crippen LogP contribution < -0.4 is 5.73 Å². The second kappa shape index (κ2) is 7.64. The van der Waals surface area contributed by atoms with Crippen LogP contribution in [0.25, 0.3) is 11.0 Å². The van der Waals surface area contributed by atoms with Crippen LogP contribution in [0.3, 0.4) is 0 Å². The standard InChI is InChI=1S/C23H29N5/c24-12-5-15-28-20-9-2-1-8-19(20)26-21(28)16-27-14-4-7-18-11-10-17-6-3-13-25-22(17)23(18)27/h1-3,6,8-9,13,18,23H,4-5,7,10-12,14-16,24H2/t18-,23+/m0/s1. The number of para-hydroxylation sites is 2. The maximum absolute atomic E-state index is 5.81. The first-order chi connectivity index (χ1) is 13.8. The summed E-state index contributed by atoms with van der Waals surface area (Å²) in [6, 6.07) is 13.3. The number of nitrogens with zero attached hydrogens (tertiary/aromatic N) is 4. The van der Waals surface area contributed by atoms with Gasteiger partial charge in [-0.1, -0.05) is 18.2 Å². The number of nitrogens with two attached hydrogens (primary N) is 1. The van der Waals surface area contributed by atoms with Gasteiger partial charge in [-0.05, 0) is 74.9 Å². The summed E-state index contributed by atoms with van der Waals surface area (Å²) in [5.74, 6) is 1.89. The van der Waals surface area contributed by atoms with E-state index < -0.39 is 0 Å². The lowest BCUT2D eigenvalue weighted by Crippen LogP contribution is -2.41. The number of fused-ring (bicyclic) bond motifs is 4. The maximum Gasteiger partial charge on any atom is 0.124 e. The average Bonchev–Trinajstić information content (AvgIpc) is 3.09. The smallest absolute Gasteiger partial charge is 0.124 e. The molecule has 1 aromatic carbocycles. The highest BCUT2D eigenvalue weighted by atomic mass is 15.2. The van der Waals surface area contributed by atoms with Gasteiger partial charge in [0.1, 0.15) is 5.82 Å². The highest BCUT2D eigenvalue weighted by Gasteiger charge is 2.38. The molecule has 28 heavy (non-hydrogen) atoms. The number of pyridine rings is 1. The molecule has 3 aromatic rings. The molecule has 0 bridgehead atoms. The topological polar surface area (TPSA) is 60.0 Å². The quantitative estimate of drug-likeness (QED) is 0.739. The predicted octanol–water partition coefficient (Wildman–Crippen LogP) is 3.68. The Balaban J connectivity index is 1.50. The van der Waals surface area contributed by atoms with Crippen LogP contribution in [0.4, 0.5) is 0 Å². The highest BCUT2D eigenvalue weighted by molar-refractivity contribution is 5.75. The lowest BCUT2D eigenvalue weighted by atomic mass is 9.77. The number of benzene rings is 1. The van der Waals surface area contributed by atoms with Crippen molar-refractivity contribution in [2.45, 2.75) is 51.2 Å². The van der Waals surface area contributed by atoms with E-state index in [0.29, 0.717) is 12.6 Å². The number of hydrogen-bond acceptors (Lipinski definition) is 4. The Morgan fingerprint density at radius 3 is 2.96 bits per heavy atom. The molecular formula is C23H29N5. The molecule has 1 aliphatic carbocycles. The molecule has 2 aliphatic rings. The van der Waals surface area contributed by atoms with Crippen LogP contribution in [-0.2, 0) is 19.5 Å². The molecule has 146 valence electrons. The van der Waals surface area contributed by atoms with E-state index in [1.54, 1.807) is 0 Å². The van der Waals surface area contributed by atoms with Crippen molar-refractivity contribution in [1.82, 2.24) is 19.4 Å². The van der Waals surface area contributed by atoms with Gasteiger partial charge < -0.3 is 10.3 Å². The fourth-order valence-electron chi connectivity index (χ4n) is 5.22. The van der Waals surface area contributed by atoms with Gasteiger partial charge >= 0.3 is 0 Å². The largest absolute Gasteiger partial charge is 0.330 e. The predicted molar refractivity (Wildman–Crippen MR) is 112 cm³/mol. The first-order valence-electron chi connectivity index (χ1n) is 10.7. The summed E-state index contributed by atoms with van der Waals surface area (Å²) in [4.78, 5) is 12.5. The number of aromatic nitrogens is 3. The van der Waals surface area contributed by atoms with Gasteiger partial charge in [-0.3, -0.25) is 9.88 Å². The first-order valence-corrected chi connectivity index (χ1v) is 10.7. The molecular weight excluding hydrogens is 346 g/mol. The van der Waals surface area contributed by atoms with E-state index in [1.165, 1.54) is 48.3 Å². The molecule has 0 unspecified atom stereocenters. The number of piperidine rings is 1. The van der Waals surface area contributed by atoms with E-state index in [9.17, 15) is 0 Å². The number of imidazole rings is 1. The fraction of sp³-hybridized carbons (Fsp3) is 0.478. The van der Waals surface area contributed by atoms with Crippen LogP contribution in [-0.4, -0.2) is 32.5 Å². The molecule has 1 aliphatic heterocycles. The van der Waals surface area contributed by atoms with E-state index in [4.69, 9.17) is 15.7 Å². The third-order valence-corrected chi connectivity index (χ3v) is 6.51. The molecule has 0 spiro atoms. The van der Waals surface area contributed by atoms with Crippen molar-refractivity contribution in [2.75, 3.05) is 13.1 Å². The molecule has 5 nitrogen and oxygen atoms in total. The Labute approximate surface area is 166 Å². The summed E-state index contributed by atoms with van der Waals surface area (Å²) < 4.78 is 2.38. The van der Waals surface area contributed by atoms with Crippen LogP contribution in [0.5, 0.6) is 0 Å². The van der Waals surface area contributed by atoms with Crippen LogP contribution in [0.15, 0.2) is 42.6 Å². The SMILES string of the molecule is NCCCn1c(CN2CCC[C@H]3CCc4cccnc4[C@@H]32)nc2ccccc21. The molecule has 0 saturated carbocycles. The van der Waals surface area contributed by atoms with Gasteiger partial charge in [-0.2, -0.15) is 0 Å². The van der Waals surface area contributed by atoms with Crippen molar-refractivity contribution in [3.63, 3.8) is 0 Å². The molecule has 5 heteroatoms. The number of rotatable bonds is 5. The Hall–Kier alpha value is -2.24. The second-order valence-electron chi connectivity index (χ2n) is 8.21. The van der Waals surface area contributed by atoms with Crippen molar-refractivity contribution in [2.24, 2.45) is 11.7 Å². The zero-order valence-corrected chi connectivity index (χ0v) is 16.4. The summed E-state index contributed by atoms with van der Waals surface area (Å²) in [7, 11) is 0. The zero-order chi connectivity index (χ0) is 18.9. The molecule has 0 amide bonds. The molecule has 1 fully saturated rings. The van der Waals surface area contributed by atoms with Gasteiger partial charge in [-0.25, -0.2) is 4.98 Å². The minimum Gasteiger partial charge on any atom is -0.330 e. The van der Waals surface area contributed by atoms with Crippen LogP contribution >= 0.6 is 0 Å². The molecule has 2 N–H and O–H groups in total. The molecule has 2 aromatic heterocycles. The summed E-state index contributed by atoms with van der Waals surface area (Å²) >= 11 is 0. The lowest BCUT2D eigenvalue weighted by molar-refractivity contribution is 0.0664. The van der Waals surface area contributed by atoms with E-state index >= 15 is 0 Å². The number of likely N-dealkylation sites (tertiary alicyclic amines) is 1. The van der Waals surface area contributed by atoms with E-state index in [1.807, 2.05) is 6.20 Å². The number of hydrogen-bond donors (Lipinski definition) is 1. The number of aryl methyl sites for hydroxylation is 2. The Bertz CT molecular complexity index is 963. The van der Waals surface area contributed by atoms with Crippen LogP contribution in [0, 0.1) is 5.92 Å². The Morgan fingerprint density at radius 1 is 1.11 bits per heavy atom. The van der Waals surface area contributed by atoms with Gasteiger partial charge in [0.2, 0.25) is 0 Å². The Morgan fingerprint density at radius 2 is 2.04 bits per heavy atom. The molecule has 2 atom stereocenters. The maximum atomic E-state index is 5.81. The van der Waals surface area contributed by atoms with Gasteiger partial charge in [0.15, 0.2) is 0 Å². The Kier molecular flexibility index (Phi) is 4.87. The molecule has 1 saturated heterocycles. The average molecular weight is 376 g/mol. The van der Waals surface area contributed by atoms with Gasteiger partial charge in [0.25, 0.3) is 0 Å². The van der Waals surface area contributed by atoms with E-state index in [0.717, 1.165) is 37.5 Å². The van der Waals surface area contributed by atoms with Gasteiger partial charge in [-0.15, -0.1) is 0 Å². The first kappa shape index (κ1) is 17.8. The van der Waals surface area contributed by atoms with Gasteiger partial charge in [0, 0.05) is 12.7 Å². The van der Waals surface area contributed by atoms with Crippen molar-refractivity contribution >= 4 is 11.0 Å². The van der Waals surface area contributed by atoms with Crippen LogP contribution in [0.2, 0.25) is 0 Å². The third-order valence-electron chi connectivity index (χ3n) is 6.51. The summed E-state index contributed by atoms with van der Waals surface area (Å²) in [5.41, 5.74) is 10.9. The molecule has 3 heterocycles. The normalized spacial score (nSPS) is 22.2. The van der Waals surface area contributed by atoms with Crippen molar-refractivity contribution < 1.29 is 0 Å². The van der Waals surface area contributed by atoms with Crippen molar-refractivity contribution in [3.8, 4) is 0 Å². The summed E-state index contributed by atoms with van der Waals surface area (Å²) in [6.45, 7) is 3.65. The molecule has 5 rings (SSSR count). The third kappa shape index (κ3) is 3.12. The lowest BCUT2D eigenvalue weighted by Gasteiger charge is -2.44. The summed E-state index contributed by atoms with van der Waals surface area (Å²) in [5, 5.41) is 0. The van der Waals surface area contributed by atoms with Crippen molar-refractivity contribution in [3.05, 3.63) is 59.7 Å². The monoisotopic (exact) mass is 375 g/mol.